The Bertz CT molecular complexity index is 1570. The minimum absolute atomic E-state index is 0.00761. The van der Waals surface area contributed by atoms with Gasteiger partial charge in [-0.1, -0.05) is 168 Å². The lowest BCUT2D eigenvalue weighted by molar-refractivity contribution is 0.0973. The molecule has 1 aromatic carbocycles. The van der Waals surface area contributed by atoms with E-state index in [9.17, 15) is 9.59 Å². The highest BCUT2D eigenvalue weighted by Crippen LogP contribution is 2.29. The van der Waals surface area contributed by atoms with E-state index in [2.05, 4.69) is 99.6 Å². The van der Waals surface area contributed by atoms with Gasteiger partial charge in [-0.15, -0.1) is 0 Å². The fourth-order valence-corrected chi connectivity index (χ4v) is 8.42. The summed E-state index contributed by atoms with van der Waals surface area (Å²) in [5.74, 6) is 3.25. The van der Waals surface area contributed by atoms with Gasteiger partial charge in [0.15, 0.2) is 11.6 Å². The Morgan fingerprint density at radius 2 is 0.845 bits per heavy atom. The molecule has 1 aliphatic rings. The standard InChI is InChI=1S/C56H88O2/c1-42(2)22-14-23-43(3)24-15-25-44(4)26-16-27-45(5)28-17-29-46(6)30-18-31-47(7)32-19-33-48(8)34-20-35-49(9)36-21-37-50(10)40-41-52-51(11)55(57)53-38-12-13-39-54(53)56(52)58/h12-13,26,28,30,32,38-40,42-43,48-49H,14-25,27,29,31,33-37,41H2,1-11H3/b44-26+,45-28+,46-30+,47-32+,50-40+/t43-,48-,49-/m0/s1. The first-order chi connectivity index (χ1) is 27.7. The Labute approximate surface area is 359 Å². The lowest BCUT2D eigenvalue weighted by atomic mass is 9.83. The fourth-order valence-electron chi connectivity index (χ4n) is 8.42. The SMILES string of the molecule is CC1=C(C/C=C(\C)CCC[C@@H](C)CCC[C@@H](C)CC/C=C(\C)CC/C=C(\C)CC/C=C(\C)CC/C=C(\C)CCC[C@@H](C)CCCC(C)C)C(=O)c2ccccc2C1=O. The van der Waals surface area contributed by atoms with Gasteiger partial charge in [0.05, 0.1) is 0 Å². The third kappa shape index (κ3) is 21.8. The molecule has 0 unspecified atom stereocenters. The summed E-state index contributed by atoms with van der Waals surface area (Å²) in [7, 11) is 0. The molecule has 0 saturated heterocycles. The average Bonchev–Trinajstić information content (AvgIpc) is 3.17. The number of fused-ring (bicyclic) bond motifs is 1. The molecule has 3 atom stereocenters. The van der Waals surface area contributed by atoms with Crippen molar-refractivity contribution < 1.29 is 9.59 Å². The molecule has 1 aromatic rings. The molecule has 1 aliphatic carbocycles. The van der Waals surface area contributed by atoms with E-state index in [1.54, 1.807) is 35.8 Å². The molecule has 2 nitrogen and oxygen atoms in total. The fraction of sp³-hybridized carbons (Fsp3) is 0.643. The highest BCUT2D eigenvalue weighted by molar-refractivity contribution is 6.26. The predicted molar refractivity (Wildman–Crippen MR) is 256 cm³/mol. The van der Waals surface area contributed by atoms with Crippen molar-refractivity contribution in [1.29, 1.82) is 0 Å². The zero-order chi connectivity index (χ0) is 42.9. The van der Waals surface area contributed by atoms with Gasteiger partial charge in [-0.05, 0) is 149 Å². The van der Waals surface area contributed by atoms with Crippen LogP contribution in [0.25, 0.3) is 0 Å². The minimum Gasteiger partial charge on any atom is -0.289 e. The lowest BCUT2D eigenvalue weighted by Crippen LogP contribution is -2.20. The van der Waals surface area contributed by atoms with Crippen LogP contribution in [0.1, 0.15) is 232 Å². The van der Waals surface area contributed by atoms with Crippen LogP contribution in [-0.2, 0) is 0 Å². The van der Waals surface area contributed by atoms with E-state index in [-0.39, 0.29) is 11.6 Å². The van der Waals surface area contributed by atoms with Crippen molar-refractivity contribution in [3.63, 3.8) is 0 Å². The zero-order valence-corrected chi connectivity index (χ0v) is 39.7. The molecular formula is C56H88O2. The molecule has 0 amide bonds. The van der Waals surface area contributed by atoms with E-state index in [4.69, 9.17) is 0 Å². The van der Waals surface area contributed by atoms with Crippen LogP contribution in [0.15, 0.2) is 93.7 Å². The van der Waals surface area contributed by atoms with Crippen LogP contribution in [0.4, 0.5) is 0 Å². The van der Waals surface area contributed by atoms with Gasteiger partial charge in [-0.2, -0.15) is 0 Å². The van der Waals surface area contributed by atoms with Gasteiger partial charge in [0.25, 0.3) is 0 Å². The average molecular weight is 793 g/mol. The minimum atomic E-state index is -0.00761. The molecular weight excluding hydrogens is 705 g/mol. The topological polar surface area (TPSA) is 34.1 Å². The van der Waals surface area contributed by atoms with E-state index in [1.807, 2.05) is 12.1 Å². The third-order valence-corrected chi connectivity index (χ3v) is 12.8. The van der Waals surface area contributed by atoms with E-state index >= 15 is 0 Å². The Kier molecular flexibility index (Phi) is 25.8. The van der Waals surface area contributed by atoms with Gasteiger partial charge in [-0.3, -0.25) is 9.59 Å². The normalized spacial score (nSPS) is 16.4. The molecule has 0 spiro atoms. The first kappa shape index (κ1) is 51.1. The van der Waals surface area contributed by atoms with Gasteiger partial charge >= 0.3 is 0 Å². The summed E-state index contributed by atoms with van der Waals surface area (Å²) in [6.07, 6.45) is 37.8. The summed E-state index contributed by atoms with van der Waals surface area (Å²) in [5, 5.41) is 0. The molecule has 0 fully saturated rings. The first-order valence-electron chi connectivity index (χ1n) is 23.8. The van der Waals surface area contributed by atoms with Crippen LogP contribution < -0.4 is 0 Å². The number of carbonyl (C=O) groups is 2. The van der Waals surface area contributed by atoms with Crippen molar-refractivity contribution in [3.8, 4) is 0 Å². The summed E-state index contributed by atoms with van der Waals surface area (Å²) in [4.78, 5) is 25.8. The second kappa shape index (κ2) is 29.3. The monoisotopic (exact) mass is 793 g/mol. The number of rotatable bonds is 30. The second-order valence-electron chi connectivity index (χ2n) is 19.3. The number of ketones is 2. The van der Waals surface area contributed by atoms with Crippen molar-refractivity contribution in [2.75, 3.05) is 0 Å². The maximum absolute atomic E-state index is 13.1. The van der Waals surface area contributed by atoms with Crippen LogP contribution in [0, 0.1) is 23.7 Å². The molecule has 2 heteroatoms. The smallest absolute Gasteiger partial charge is 0.190 e. The van der Waals surface area contributed by atoms with E-state index < -0.39 is 0 Å². The van der Waals surface area contributed by atoms with Crippen LogP contribution in [-0.4, -0.2) is 11.6 Å². The van der Waals surface area contributed by atoms with Gasteiger partial charge in [-0.25, -0.2) is 0 Å². The van der Waals surface area contributed by atoms with Crippen LogP contribution >= 0.6 is 0 Å². The summed E-state index contributed by atoms with van der Waals surface area (Å²) in [6.45, 7) is 25.2. The Morgan fingerprint density at radius 3 is 1.33 bits per heavy atom. The van der Waals surface area contributed by atoms with Gasteiger partial charge in [0.1, 0.15) is 0 Å². The van der Waals surface area contributed by atoms with Crippen LogP contribution in [0.2, 0.25) is 0 Å². The van der Waals surface area contributed by atoms with Crippen molar-refractivity contribution in [3.05, 3.63) is 105 Å². The van der Waals surface area contributed by atoms with E-state index in [0.717, 1.165) is 42.9 Å². The number of benzene rings is 1. The van der Waals surface area contributed by atoms with E-state index in [0.29, 0.717) is 28.7 Å². The molecule has 0 aliphatic heterocycles. The Morgan fingerprint density at radius 1 is 0.466 bits per heavy atom. The second-order valence-corrected chi connectivity index (χ2v) is 19.3. The number of hydrogen-bond donors (Lipinski definition) is 0. The summed E-state index contributed by atoms with van der Waals surface area (Å²) in [6, 6.07) is 7.21. The molecule has 0 radical (unpaired) electrons. The predicted octanol–water partition coefficient (Wildman–Crippen LogP) is 17.9. The Balaban J connectivity index is 1.53. The summed E-state index contributed by atoms with van der Waals surface area (Å²) < 4.78 is 0. The quantitative estimate of drug-likeness (QED) is 0.0727. The van der Waals surface area contributed by atoms with Gasteiger partial charge < -0.3 is 0 Å². The molecule has 0 N–H and O–H groups in total. The van der Waals surface area contributed by atoms with Crippen molar-refractivity contribution in [1.82, 2.24) is 0 Å². The number of Topliss-reactive ketones (excluding diaryl/α,β-unsaturated/α-hetero) is 2. The molecule has 0 aromatic heterocycles. The van der Waals surface area contributed by atoms with E-state index in [1.165, 1.54) is 120 Å². The Hall–Kier alpha value is -3.00. The first-order valence-corrected chi connectivity index (χ1v) is 23.8. The molecule has 0 bridgehead atoms. The van der Waals surface area contributed by atoms with Crippen molar-refractivity contribution in [2.45, 2.75) is 211 Å². The zero-order valence-electron chi connectivity index (χ0n) is 39.7. The third-order valence-electron chi connectivity index (χ3n) is 12.8. The molecule has 2 rings (SSSR count). The number of carbonyl (C=O) groups excluding carboxylic acids is 2. The summed E-state index contributed by atoms with van der Waals surface area (Å²) in [5.41, 5.74) is 9.87. The van der Waals surface area contributed by atoms with Crippen molar-refractivity contribution in [2.24, 2.45) is 23.7 Å². The van der Waals surface area contributed by atoms with Crippen LogP contribution in [0.3, 0.4) is 0 Å². The number of hydrogen-bond acceptors (Lipinski definition) is 2. The van der Waals surface area contributed by atoms with Gasteiger partial charge in [0, 0.05) is 22.3 Å². The van der Waals surface area contributed by atoms with Gasteiger partial charge in [0.2, 0.25) is 0 Å². The highest BCUT2D eigenvalue weighted by Gasteiger charge is 2.28. The molecule has 324 valence electrons. The maximum atomic E-state index is 13.1. The molecule has 0 heterocycles. The molecule has 58 heavy (non-hydrogen) atoms. The maximum Gasteiger partial charge on any atom is 0.190 e. The lowest BCUT2D eigenvalue weighted by Gasteiger charge is -2.18. The van der Waals surface area contributed by atoms with Crippen molar-refractivity contribution >= 4 is 11.6 Å². The summed E-state index contributed by atoms with van der Waals surface area (Å²) >= 11 is 0. The highest BCUT2D eigenvalue weighted by atomic mass is 16.1. The number of allylic oxidation sites excluding steroid dienone is 12. The van der Waals surface area contributed by atoms with Crippen LogP contribution in [0.5, 0.6) is 0 Å². The largest absolute Gasteiger partial charge is 0.289 e. The molecule has 0 saturated carbocycles.